The monoisotopic (exact) mass is 449 g/mol. The maximum atomic E-state index is 12.0. The van der Waals surface area contributed by atoms with Crippen molar-refractivity contribution in [2.75, 3.05) is 5.32 Å². The maximum Gasteiger partial charge on any atom is 0.336 e. The van der Waals surface area contributed by atoms with Crippen molar-refractivity contribution >= 4 is 39.8 Å². The summed E-state index contributed by atoms with van der Waals surface area (Å²) in [6.45, 7) is 5.93. The van der Waals surface area contributed by atoms with Gasteiger partial charge in [0.15, 0.2) is 5.43 Å². The molecular formula is C25H23NO5S. The Bertz CT molecular complexity index is 1340. The van der Waals surface area contributed by atoms with Crippen LogP contribution in [-0.2, 0) is 0 Å². The van der Waals surface area contributed by atoms with Gasteiger partial charge in [-0.25, -0.2) is 4.79 Å². The van der Waals surface area contributed by atoms with Gasteiger partial charge in [0.25, 0.3) is 0 Å². The number of nitrogens with one attached hydrogen (secondary N) is 1. The number of phenolic OH excluding ortho intramolecular Hbond substituents is 1. The fourth-order valence-electron chi connectivity index (χ4n) is 3.41. The lowest BCUT2D eigenvalue weighted by Crippen LogP contribution is -2.09. The number of carbonyl (C=O) groups is 1. The molecule has 1 heterocycles. The van der Waals surface area contributed by atoms with Gasteiger partial charge in [0.05, 0.1) is 10.6 Å². The van der Waals surface area contributed by atoms with Crippen molar-refractivity contribution in [2.45, 2.75) is 27.2 Å². The van der Waals surface area contributed by atoms with E-state index in [-0.39, 0.29) is 16.7 Å². The Morgan fingerprint density at radius 2 is 1.78 bits per heavy atom. The Hall–Kier alpha value is -3.71. The lowest BCUT2D eigenvalue weighted by atomic mass is 9.90. The SMILES string of the molecule is CC.CCC(=S)Nc1ccc(C(=O)O)c(-c2c3ccc(=O)cc-3oc3cc(O)ccc23)c1. The van der Waals surface area contributed by atoms with E-state index in [1.165, 1.54) is 30.3 Å². The van der Waals surface area contributed by atoms with E-state index < -0.39 is 5.97 Å². The standard InChI is InChI=1S/C23H17NO5S.C2H6/c1-2-21(30)24-12-3-6-15(23(27)28)18(9-12)22-16-7-4-13(25)10-19(16)29-20-11-14(26)5-8-17(20)22;1-2/h3-11,25H,2H2,1H3,(H,24,30)(H,27,28);1-2H3. The van der Waals surface area contributed by atoms with Gasteiger partial charge in [0, 0.05) is 34.3 Å². The van der Waals surface area contributed by atoms with E-state index >= 15 is 0 Å². The van der Waals surface area contributed by atoms with Gasteiger partial charge in [-0.1, -0.05) is 33.0 Å². The summed E-state index contributed by atoms with van der Waals surface area (Å²) in [5, 5.41) is 23.4. The van der Waals surface area contributed by atoms with Crippen molar-refractivity contribution in [3.8, 4) is 28.2 Å². The summed E-state index contributed by atoms with van der Waals surface area (Å²) in [6, 6.07) is 13.9. The zero-order valence-electron chi connectivity index (χ0n) is 17.9. The number of hydrogen-bond acceptors (Lipinski definition) is 5. The van der Waals surface area contributed by atoms with Gasteiger partial charge in [-0.05, 0) is 54.4 Å². The molecule has 0 amide bonds. The minimum atomic E-state index is -1.09. The van der Waals surface area contributed by atoms with E-state index in [1.54, 1.807) is 24.3 Å². The molecule has 0 radical (unpaired) electrons. The number of hydrogen-bond donors (Lipinski definition) is 3. The summed E-state index contributed by atoms with van der Waals surface area (Å²) < 4.78 is 5.84. The molecule has 2 aromatic carbocycles. The molecule has 1 aliphatic carbocycles. The number of carboxylic acid groups (broad SMARTS) is 1. The van der Waals surface area contributed by atoms with Crippen molar-refractivity contribution < 1.29 is 19.4 Å². The second kappa shape index (κ2) is 9.62. The Morgan fingerprint density at radius 1 is 1.03 bits per heavy atom. The van der Waals surface area contributed by atoms with Crippen LogP contribution in [0.3, 0.4) is 0 Å². The smallest absolute Gasteiger partial charge is 0.336 e. The van der Waals surface area contributed by atoms with Crippen LogP contribution in [-0.4, -0.2) is 21.2 Å². The fourth-order valence-corrected chi connectivity index (χ4v) is 3.53. The van der Waals surface area contributed by atoms with Crippen LogP contribution >= 0.6 is 12.2 Å². The van der Waals surface area contributed by atoms with Crippen LogP contribution in [0, 0.1) is 0 Å². The third kappa shape index (κ3) is 4.48. The van der Waals surface area contributed by atoms with Crippen LogP contribution in [0.4, 0.5) is 5.69 Å². The van der Waals surface area contributed by atoms with Gasteiger partial charge in [0.2, 0.25) is 0 Å². The largest absolute Gasteiger partial charge is 0.508 e. The number of anilines is 1. The number of aromatic hydroxyl groups is 1. The Balaban J connectivity index is 0.00000141. The van der Waals surface area contributed by atoms with E-state index in [0.29, 0.717) is 50.5 Å². The first-order valence-corrected chi connectivity index (χ1v) is 10.7. The Kier molecular flexibility index (Phi) is 6.90. The van der Waals surface area contributed by atoms with Crippen LogP contribution in [0.1, 0.15) is 37.6 Å². The average Bonchev–Trinajstić information content (AvgIpc) is 2.78. The van der Waals surface area contributed by atoms with E-state index in [0.717, 1.165) is 0 Å². The number of rotatable bonds is 4. The number of carboxylic acids is 1. The van der Waals surface area contributed by atoms with Gasteiger partial charge >= 0.3 is 5.97 Å². The van der Waals surface area contributed by atoms with E-state index in [1.807, 2.05) is 20.8 Å². The summed E-state index contributed by atoms with van der Waals surface area (Å²) in [6.07, 6.45) is 0.646. The second-order valence-corrected chi connectivity index (χ2v) is 7.28. The summed E-state index contributed by atoms with van der Waals surface area (Å²) in [5.74, 6) is -0.790. The summed E-state index contributed by atoms with van der Waals surface area (Å²) in [4.78, 5) is 24.5. The number of fused-ring (bicyclic) bond motifs is 2. The minimum Gasteiger partial charge on any atom is -0.508 e. The molecule has 0 saturated heterocycles. The molecule has 1 aliphatic heterocycles. The van der Waals surface area contributed by atoms with Gasteiger partial charge < -0.3 is 19.9 Å². The van der Waals surface area contributed by atoms with E-state index in [2.05, 4.69) is 5.32 Å². The van der Waals surface area contributed by atoms with Crippen molar-refractivity contribution in [3.05, 3.63) is 70.4 Å². The van der Waals surface area contributed by atoms with Gasteiger partial charge in [-0.15, -0.1) is 0 Å². The van der Waals surface area contributed by atoms with E-state index in [9.17, 15) is 19.8 Å². The van der Waals surface area contributed by atoms with Gasteiger partial charge in [0.1, 0.15) is 17.1 Å². The number of thiocarbonyl (C=S) groups is 1. The molecule has 6 nitrogen and oxygen atoms in total. The first kappa shape index (κ1) is 23.0. The van der Waals surface area contributed by atoms with Crippen molar-refractivity contribution in [2.24, 2.45) is 0 Å². The predicted molar refractivity (Wildman–Crippen MR) is 131 cm³/mol. The zero-order chi connectivity index (χ0) is 23.4. The van der Waals surface area contributed by atoms with Gasteiger partial charge in [-0.3, -0.25) is 4.79 Å². The van der Waals surface area contributed by atoms with Crippen LogP contribution in [0.2, 0.25) is 0 Å². The lowest BCUT2D eigenvalue weighted by molar-refractivity contribution is 0.0697. The second-order valence-electron chi connectivity index (χ2n) is 6.78. The third-order valence-electron chi connectivity index (χ3n) is 4.80. The highest BCUT2D eigenvalue weighted by Crippen LogP contribution is 2.42. The predicted octanol–water partition coefficient (Wildman–Crippen LogP) is 6.14. The molecule has 0 spiro atoms. The highest BCUT2D eigenvalue weighted by Gasteiger charge is 2.22. The first-order chi connectivity index (χ1) is 15.4. The molecule has 3 N–H and O–H groups in total. The molecule has 0 bridgehead atoms. The molecule has 0 saturated carbocycles. The van der Waals surface area contributed by atoms with Crippen LogP contribution in [0.15, 0.2) is 63.8 Å². The normalized spacial score (nSPS) is 10.5. The highest BCUT2D eigenvalue weighted by atomic mass is 32.1. The molecule has 32 heavy (non-hydrogen) atoms. The van der Waals surface area contributed by atoms with Crippen LogP contribution in [0.5, 0.6) is 5.75 Å². The molecule has 0 fully saturated rings. The Labute approximate surface area is 190 Å². The molecule has 0 atom stereocenters. The summed E-state index contributed by atoms with van der Waals surface area (Å²) >= 11 is 5.26. The third-order valence-corrected chi connectivity index (χ3v) is 5.19. The molecule has 0 unspecified atom stereocenters. The maximum absolute atomic E-state index is 12.0. The molecule has 7 heteroatoms. The quantitative estimate of drug-likeness (QED) is 0.254. The highest BCUT2D eigenvalue weighted by molar-refractivity contribution is 7.80. The van der Waals surface area contributed by atoms with Crippen LogP contribution in [0.25, 0.3) is 33.4 Å². The number of phenols is 1. The lowest BCUT2D eigenvalue weighted by Gasteiger charge is -2.18. The minimum absolute atomic E-state index is 0.00278. The number of aromatic carboxylic acids is 1. The topological polar surface area (TPSA) is 99.8 Å². The molecule has 2 aliphatic rings. The fraction of sp³-hybridized carbons (Fsp3) is 0.160. The van der Waals surface area contributed by atoms with Crippen molar-refractivity contribution in [1.29, 1.82) is 0 Å². The van der Waals surface area contributed by atoms with Gasteiger partial charge in [-0.2, -0.15) is 0 Å². The molecule has 0 aromatic heterocycles. The van der Waals surface area contributed by atoms with Crippen LogP contribution < -0.4 is 10.7 Å². The number of benzene rings is 3. The molecule has 2 aromatic rings. The molecule has 4 rings (SSSR count). The van der Waals surface area contributed by atoms with Crippen molar-refractivity contribution in [3.63, 3.8) is 0 Å². The van der Waals surface area contributed by atoms with Crippen molar-refractivity contribution in [1.82, 2.24) is 0 Å². The summed E-state index contributed by atoms with van der Waals surface area (Å²) in [5.41, 5.74) is 2.47. The molecular weight excluding hydrogens is 426 g/mol. The Morgan fingerprint density at radius 3 is 2.47 bits per heavy atom. The molecule has 164 valence electrons. The van der Waals surface area contributed by atoms with E-state index in [4.69, 9.17) is 16.6 Å². The zero-order valence-corrected chi connectivity index (χ0v) is 18.7. The first-order valence-electron chi connectivity index (χ1n) is 10.2. The average molecular weight is 450 g/mol. The summed E-state index contributed by atoms with van der Waals surface area (Å²) in [7, 11) is 0.